The molecule has 0 heterocycles. The summed E-state index contributed by atoms with van der Waals surface area (Å²) in [6.07, 6.45) is 6.72. The van der Waals surface area contributed by atoms with Crippen LogP contribution in [-0.2, 0) is 4.79 Å². The number of hydrogen-bond acceptors (Lipinski definition) is 6. The molecule has 4 saturated carbocycles. The van der Waals surface area contributed by atoms with E-state index in [-0.39, 0.29) is 17.0 Å². The van der Waals surface area contributed by atoms with Crippen molar-refractivity contribution in [2.24, 2.45) is 17.8 Å². The number of benzene rings is 1. The van der Waals surface area contributed by atoms with Gasteiger partial charge >= 0.3 is 11.7 Å². The van der Waals surface area contributed by atoms with Gasteiger partial charge in [0, 0.05) is 5.54 Å². The Morgan fingerprint density at radius 3 is 2.34 bits per heavy atom. The molecular weight excluding hydrogens is 378 g/mol. The summed E-state index contributed by atoms with van der Waals surface area (Å²) in [6, 6.07) is 3.55. The maximum atomic E-state index is 12.4. The number of nitrogens with one attached hydrogen (secondary N) is 2. The van der Waals surface area contributed by atoms with Gasteiger partial charge in [-0.1, -0.05) is 0 Å². The maximum absolute atomic E-state index is 12.4. The van der Waals surface area contributed by atoms with Gasteiger partial charge in [-0.15, -0.1) is 0 Å². The highest BCUT2D eigenvalue weighted by Gasteiger charge is 2.51. The van der Waals surface area contributed by atoms with Gasteiger partial charge in [0.1, 0.15) is 5.75 Å². The average Bonchev–Trinajstić information content (AvgIpc) is 2.64. The molecule has 2 N–H and O–H groups in total. The third kappa shape index (κ3) is 4.13. The molecule has 4 aliphatic carbocycles. The van der Waals surface area contributed by atoms with Crippen LogP contribution >= 0.6 is 0 Å². The second kappa shape index (κ2) is 7.53. The second-order valence-corrected chi connectivity index (χ2v) is 8.58. The number of amides is 3. The molecule has 0 radical (unpaired) electrons. The lowest BCUT2D eigenvalue weighted by molar-refractivity contribution is -0.385. The number of rotatable bonds is 6. The number of nitro benzene ring substituents is 1. The van der Waals surface area contributed by atoms with Crippen molar-refractivity contribution < 1.29 is 24.0 Å². The van der Waals surface area contributed by atoms with Crippen molar-refractivity contribution >= 4 is 17.6 Å². The van der Waals surface area contributed by atoms with Gasteiger partial charge in [-0.25, -0.2) is 4.79 Å². The van der Waals surface area contributed by atoms with Crippen LogP contribution in [0.25, 0.3) is 0 Å². The molecule has 0 aromatic heterocycles. The van der Waals surface area contributed by atoms with Crippen molar-refractivity contribution in [3.63, 3.8) is 0 Å². The SMILES string of the molecule is COc1ccc(OCC(=O)NC(=O)NC23CC4CC(CC(C4)C2)C3)c([N+](=O)[O-])c1. The highest BCUT2D eigenvalue weighted by molar-refractivity contribution is 5.95. The lowest BCUT2D eigenvalue weighted by atomic mass is 9.53. The Morgan fingerprint density at radius 1 is 1.17 bits per heavy atom. The van der Waals surface area contributed by atoms with Gasteiger partial charge in [-0.2, -0.15) is 0 Å². The van der Waals surface area contributed by atoms with E-state index in [4.69, 9.17) is 9.47 Å². The molecule has 0 saturated heterocycles. The number of imide groups is 1. The van der Waals surface area contributed by atoms with E-state index < -0.39 is 23.5 Å². The molecule has 0 atom stereocenters. The third-order valence-electron chi connectivity index (χ3n) is 6.39. The number of nitrogens with zero attached hydrogens (tertiary/aromatic N) is 1. The van der Waals surface area contributed by atoms with Gasteiger partial charge in [0.25, 0.3) is 5.91 Å². The van der Waals surface area contributed by atoms with E-state index in [0.29, 0.717) is 23.5 Å². The van der Waals surface area contributed by atoms with Gasteiger partial charge in [-0.3, -0.25) is 20.2 Å². The highest BCUT2D eigenvalue weighted by Crippen LogP contribution is 2.55. The zero-order valence-corrected chi connectivity index (χ0v) is 16.3. The maximum Gasteiger partial charge on any atom is 0.321 e. The Hall–Kier alpha value is -2.84. The van der Waals surface area contributed by atoms with Gasteiger partial charge in [0.15, 0.2) is 12.4 Å². The number of hydrogen-bond donors (Lipinski definition) is 2. The lowest BCUT2D eigenvalue weighted by Crippen LogP contribution is -2.62. The minimum atomic E-state index is -0.655. The molecule has 0 unspecified atom stereocenters. The topological polar surface area (TPSA) is 120 Å². The first-order valence-electron chi connectivity index (χ1n) is 9.93. The molecule has 4 aliphatic rings. The Bertz CT molecular complexity index is 804. The predicted octanol–water partition coefficient (Wildman–Crippen LogP) is 2.78. The summed E-state index contributed by atoms with van der Waals surface area (Å²) in [5, 5.41) is 16.5. The smallest absolute Gasteiger partial charge is 0.321 e. The van der Waals surface area contributed by atoms with Crippen molar-refractivity contribution in [2.75, 3.05) is 13.7 Å². The predicted molar refractivity (Wildman–Crippen MR) is 103 cm³/mol. The largest absolute Gasteiger partial charge is 0.496 e. The first kappa shape index (κ1) is 19.5. The first-order valence-corrected chi connectivity index (χ1v) is 9.93. The van der Waals surface area contributed by atoms with Crippen LogP contribution in [0.1, 0.15) is 38.5 Å². The minimum absolute atomic E-state index is 0.0626. The lowest BCUT2D eigenvalue weighted by Gasteiger charge is -2.56. The van der Waals surface area contributed by atoms with E-state index >= 15 is 0 Å². The van der Waals surface area contributed by atoms with Gasteiger partial charge < -0.3 is 14.8 Å². The summed E-state index contributed by atoms with van der Waals surface area (Å²) in [4.78, 5) is 35.1. The quantitative estimate of drug-likeness (QED) is 0.557. The van der Waals surface area contributed by atoms with Crippen LogP contribution in [0.15, 0.2) is 18.2 Å². The van der Waals surface area contributed by atoms with E-state index in [2.05, 4.69) is 10.6 Å². The second-order valence-electron chi connectivity index (χ2n) is 8.58. The number of carbonyl (C=O) groups is 2. The van der Waals surface area contributed by atoms with E-state index in [1.54, 1.807) is 0 Å². The van der Waals surface area contributed by atoms with Gasteiger partial charge in [-0.05, 0) is 68.4 Å². The molecule has 0 aliphatic heterocycles. The van der Waals surface area contributed by atoms with E-state index in [9.17, 15) is 19.7 Å². The van der Waals surface area contributed by atoms with Crippen LogP contribution in [0.2, 0.25) is 0 Å². The molecule has 9 nitrogen and oxygen atoms in total. The van der Waals surface area contributed by atoms with Crippen molar-refractivity contribution in [1.82, 2.24) is 10.6 Å². The monoisotopic (exact) mass is 403 g/mol. The highest BCUT2D eigenvalue weighted by atomic mass is 16.6. The number of nitro groups is 1. The van der Waals surface area contributed by atoms with Crippen LogP contribution < -0.4 is 20.1 Å². The minimum Gasteiger partial charge on any atom is -0.496 e. The summed E-state index contributed by atoms with van der Waals surface area (Å²) < 4.78 is 10.2. The fourth-order valence-corrected chi connectivity index (χ4v) is 5.73. The summed E-state index contributed by atoms with van der Waals surface area (Å²) in [7, 11) is 1.40. The summed E-state index contributed by atoms with van der Waals surface area (Å²) in [5.41, 5.74) is -0.510. The van der Waals surface area contributed by atoms with E-state index in [0.717, 1.165) is 19.3 Å². The van der Waals surface area contributed by atoms with Crippen LogP contribution in [-0.4, -0.2) is 36.1 Å². The normalized spacial score (nSPS) is 29.2. The molecule has 3 amide bonds. The Labute approximate surface area is 168 Å². The molecule has 9 heteroatoms. The van der Waals surface area contributed by atoms with E-state index in [1.165, 1.54) is 44.6 Å². The number of urea groups is 1. The Kier molecular flexibility index (Phi) is 5.06. The van der Waals surface area contributed by atoms with Crippen LogP contribution in [0.3, 0.4) is 0 Å². The molecule has 0 spiro atoms. The molecule has 29 heavy (non-hydrogen) atoms. The Balaban J connectivity index is 1.31. The zero-order valence-electron chi connectivity index (χ0n) is 16.3. The summed E-state index contributed by atoms with van der Waals surface area (Å²) in [5.74, 6) is 1.62. The third-order valence-corrected chi connectivity index (χ3v) is 6.39. The van der Waals surface area contributed by atoms with Gasteiger partial charge in [0.05, 0.1) is 18.1 Å². The van der Waals surface area contributed by atoms with Crippen molar-refractivity contribution in [2.45, 2.75) is 44.1 Å². The van der Waals surface area contributed by atoms with Crippen LogP contribution in [0, 0.1) is 27.9 Å². The molecule has 5 rings (SSSR count). The van der Waals surface area contributed by atoms with Gasteiger partial charge in [0.2, 0.25) is 0 Å². The van der Waals surface area contributed by atoms with Crippen molar-refractivity contribution in [3.8, 4) is 11.5 Å². The fourth-order valence-electron chi connectivity index (χ4n) is 5.73. The molecule has 156 valence electrons. The fraction of sp³-hybridized carbons (Fsp3) is 0.600. The van der Waals surface area contributed by atoms with E-state index in [1.807, 2.05) is 0 Å². The zero-order chi connectivity index (χ0) is 20.6. The van der Waals surface area contributed by atoms with Crippen molar-refractivity contribution in [1.29, 1.82) is 0 Å². The summed E-state index contributed by atoms with van der Waals surface area (Å²) in [6.45, 7) is -0.499. The van der Waals surface area contributed by atoms with Crippen LogP contribution in [0.4, 0.5) is 10.5 Å². The van der Waals surface area contributed by atoms with Crippen LogP contribution in [0.5, 0.6) is 11.5 Å². The molecule has 4 bridgehead atoms. The average molecular weight is 403 g/mol. The molecule has 1 aromatic carbocycles. The molecule has 4 fully saturated rings. The first-order chi connectivity index (χ1) is 13.9. The van der Waals surface area contributed by atoms with Crippen molar-refractivity contribution in [3.05, 3.63) is 28.3 Å². The summed E-state index contributed by atoms with van der Waals surface area (Å²) >= 11 is 0. The molecule has 1 aromatic rings. The Morgan fingerprint density at radius 2 is 1.79 bits per heavy atom. The number of ether oxygens (including phenoxy) is 2. The number of methoxy groups -OCH3 is 1. The molecular formula is C20H25N3O6. The number of carbonyl (C=O) groups excluding carboxylic acids is 2. The standard InChI is InChI=1S/C20H25N3O6/c1-28-15-2-3-17(16(7-15)23(26)27)29-11-18(24)21-19(25)22-20-8-12-4-13(9-20)6-14(5-12)10-20/h2-3,7,12-14H,4-6,8-11H2,1H3,(H2,21,22,24,25).